The van der Waals surface area contributed by atoms with E-state index in [1.54, 1.807) is 16.2 Å². The number of carbonyl (C=O) groups excluding carboxylic acids is 1. The molecule has 2 aromatic rings. The molecule has 0 bridgehead atoms. The third-order valence-electron chi connectivity index (χ3n) is 3.75. The van der Waals surface area contributed by atoms with Gasteiger partial charge in [-0.3, -0.25) is 9.59 Å². The highest BCUT2D eigenvalue weighted by Crippen LogP contribution is 2.36. The lowest BCUT2D eigenvalue weighted by Gasteiger charge is -2.27. The monoisotopic (exact) mass is 301 g/mol. The molecule has 5 heteroatoms. The molecule has 3 rings (SSSR count). The van der Waals surface area contributed by atoms with Gasteiger partial charge in [0.05, 0.1) is 12.0 Å². The van der Waals surface area contributed by atoms with E-state index in [1.165, 1.54) is 0 Å². The van der Waals surface area contributed by atoms with Crippen LogP contribution in [0, 0.1) is 5.92 Å². The Morgan fingerprint density at radius 3 is 2.57 bits per heavy atom. The lowest BCUT2D eigenvalue weighted by atomic mass is 10.0. The van der Waals surface area contributed by atoms with Crippen LogP contribution < -0.4 is 0 Å². The van der Waals surface area contributed by atoms with Crippen LogP contribution >= 0.6 is 11.3 Å². The number of carboxylic acid groups (broad SMARTS) is 1. The van der Waals surface area contributed by atoms with Gasteiger partial charge in [-0.1, -0.05) is 36.4 Å². The molecule has 1 aliphatic rings. The molecule has 0 aliphatic carbocycles. The summed E-state index contributed by atoms with van der Waals surface area (Å²) in [5.41, 5.74) is 1.01. The van der Waals surface area contributed by atoms with Crippen LogP contribution in [0.15, 0.2) is 47.8 Å². The summed E-state index contributed by atoms with van der Waals surface area (Å²) in [6.45, 7) is 0.269. The predicted octanol–water partition coefficient (Wildman–Crippen LogP) is 2.77. The average Bonchev–Trinajstić information content (AvgIpc) is 3.12. The van der Waals surface area contributed by atoms with Gasteiger partial charge in [0, 0.05) is 17.8 Å². The number of likely N-dealkylation sites (tertiary alicyclic amines) is 1. The predicted molar refractivity (Wildman–Crippen MR) is 80.1 cm³/mol. The van der Waals surface area contributed by atoms with Crippen LogP contribution in [-0.2, 0) is 9.59 Å². The first kappa shape index (κ1) is 13.8. The summed E-state index contributed by atoms with van der Waals surface area (Å²) in [4.78, 5) is 26.2. The molecular formula is C16H15NO3S. The number of hydrogen-bond donors (Lipinski definition) is 1. The SMILES string of the molecule is O=C(O)C1CC(=O)N(C(c2ccccc2)c2cccs2)C1. The summed E-state index contributed by atoms with van der Waals surface area (Å²) in [7, 11) is 0. The second-order valence-corrected chi connectivity index (χ2v) is 6.09. The largest absolute Gasteiger partial charge is 0.481 e. The van der Waals surface area contributed by atoms with Crippen LogP contribution in [0.25, 0.3) is 0 Å². The topological polar surface area (TPSA) is 57.6 Å². The van der Waals surface area contributed by atoms with E-state index in [0.717, 1.165) is 10.4 Å². The highest BCUT2D eigenvalue weighted by atomic mass is 32.1. The fourth-order valence-electron chi connectivity index (χ4n) is 2.73. The molecule has 0 saturated carbocycles. The first-order valence-electron chi connectivity index (χ1n) is 6.77. The third kappa shape index (κ3) is 2.69. The van der Waals surface area contributed by atoms with E-state index >= 15 is 0 Å². The maximum atomic E-state index is 12.3. The van der Waals surface area contributed by atoms with E-state index in [0.29, 0.717) is 0 Å². The van der Waals surface area contributed by atoms with E-state index in [2.05, 4.69) is 0 Å². The van der Waals surface area contributed by atoms with Gasteiger partial charge in [0.25, 0.3) is 0 Å². The Labute approximate surface area is 126 Å². The van der Waals surface area contributed by atoms with E-state index in [4.69, 9.17) is 5.11 Å². The molecule has 2 atom stereocenters. The van der Waals surface area contributed by atoms with Crippen molar-refractivity contribution >= 4 is 23.2 Å². The Morgan fingerprint density at radius 1 is 1.24 bits per heavy atom. The fraction of sp³-hybridized carbons (Fsp3) is 0.250. The number of amides is 1. The maximum absolute atomic E-state index is 12.3. The van der Waals surface area contributed by atoms with Crippen molar-refractivity contribution in [2.45, 2.75) is 12.5 Å². The van der Waals surface area contributed by atoms with Gasteiger partial charge in [0.15, 0.2) is 0 Å². The highest BCUT2D eigenvalue weighted by molar-refractivity contribution is 7.10. The van der Waals surface area contributed by atoms with Gasteiger partial charge in [0.1, 0.15) is 0 Å². The lowest BCUT2D eigenvalue weighted by molar-refractivity contribution is -0.141. The average molecular weight is 301 g/mol. The van der Waals surface area contributed by atoms with Crippen LogP contribution in [0.3, 0.4) is 0 Å². The molecule has 1 fully saturated rings. The zero-order valence-corrected chi connectivity index (χ0v) is 12.1. The number of nitrogens with zero attached hydrogens (tertiary/aromatic N) is 1. The zero-order valence-electron chi connectivity index (χ0n) is 11.3. The minimum Gasteiger partial charge on any atom is -0.481 e. The Bertz CT molecular complexity index is 639. The normalized spacial score (nSPS) is 19.7. The molecule has 2 unspecified atom stereocenters. The minimum atomic E-state index is -0.899. The third-order valence-corrected chi connectivity index (χ3v) is 4.67. The van der Waals surface area contributed by atoms with Gasteiger partial charge in [-0.05, 0) is 17.0 Å². The van der Waals surface area contributed by atoms with Crippen LogP contribution in [0.2, 0.25) is 0 Å². The molecule has 0 radical (unpaired) electrons. The van der Waals surface area contributed by atoms with Gasteiger partial charge < -0.3 is 10.0 Å². The highest BCUT2D eigenvalue weighted by Gasteiger charge is 2.39. The quantitative estimate of drug-likeness (QED) is 0.944. The van der Waals surface area contributed by atoms with Crippen LogP contribution in [0.5, 0.6) is 0 Å². The van der Waals surface area contributed by atoms with Gasteiger partial charge in [-0.15, -0.1) is 11.3 Å². The van der Waals surface area contributed by atoms with E-state index in [1.807, 2.05) is 47.8 Å². The molecule has 1 aliphatic heterocycles. The van der Waals surface area contributed by atoms with Crippen molar-refractivity contribution in [1.29, 1.82) is 0 Å². The molecular weight excluding hydrogens is 286 g/mol. The van der Waals surface area contributed by atoms with E-state index < -0.39 is 11.9 Å². The standard InChI is InChI=1S/C16H15NO3S/c18-14-9-12(16(19)20)10-17(14)15(13-7-4-8-21-13)11-5-2-1-3-6-11/h1-8,12,15H,9-10H2,(H,19,20). The summed E-state index contributed by atoms with van der Waals surface area (Å²) < 4.78 is 0. The molecule has 4 nitrogen and oxygen atoms in total. The molecule has 21 heavy (non-hydrogen) atoms. The van der Waals surface area contributed by atoms with Crippen molar-refractivity contribution in [1.82, 2.24) is 4.90 Å². The second kappa shape index (κ2) is 5.69. The summed E-state index contributed by atoms with van der Waals surface area (Å²) in [5.74, 6) is -1.60. The summed E-state index contributed by atoms with van der Waals surface area (Å²) in [6, 6.07) is 13.5. The van der Waals surface area contributed by atoms with Crippen LogP contribution in [-0.4, -0.2) is 28.4 Å². The first-order valence-corrected chi connectivity index (χ1v) is 7.65. The summed E-state index contributed by atoms with van der Waals surface area (Å²) >= 11 is 1.58. The van der Waals surface area contributed by atoms with Crippen molar-refractivity contribution in [3.8, 4) is 0 Å². The second-order valence-electron chi connectivity index (χ2n) is 5.11. The van der Waals surface area contributed by atoms with E-state index in [-0.39, 0.29) is 24.9 Å². The number of thiophene rings is 1. The number of benzene rings is 1. The number of carboxylic acids is 1. The summed E-state index contributed by atoms with van der Waals surface area (Å²) in [5, 5.41) is 11.1. The van der Waals surface area contributed by atoms with E-state index in [9.17, 15) is 9.59 Å². The Kier molecular flexibility index (Phi) is 3.75. The Balaban J connectivity index is 1.97. The van der Waals surface area contributed by atoms with Crippen molar-refractivity contribution in [3.05, 3.63) is 58.3 Å². The number of rotatable bonds is 4. The summed E-state index contributed by atoms with van der Waals surface area (Å²) in [6.07, 6.45) is 0.0873. The molecule has 1 N–H and O–H groups in total. The fourth-order valence-corrected chi connectivity index (χ4v) is 3.59. The molecule has 2 heterocycles. The minimum absolute atomic E-state index is 0.0873. The first-order chi connectivity index (χ1) is 10.2. The molecule has 1 amide bonds. The number of aliphatic carboxylic acids is 1. The zero-order chi connectivity index (χ0) is 14.8. The van der Waals surface area contributed by atoms with Gasteiger partial charge in [-0.25, -0.2) is 0 Å². The Hall–Kier alpha value is -2.14. The maximum Gasteiger partial charge on any atom is 0.308 e. The van der Waals surface area contributed by atoms with Crippen molar-refractivity contribution < 1.29 is 14.7 Å². The van der Waals surface area contributed by atoms with Crippen molar-refractivity contribution in [2.24, 2.45) is 5.92 Å². The van der Waals surface area contributed by atoms with Crippen LogP contribution in [0.4, 0.5) is 0 Å². The molecule has 0 spiro atoms. The smallest absolute Gasteiger partial charge is 0.308 e. The molecule has 108 valence electrons. The van der Waals surface area contributed by atoms with Gasteiger partial charge in [0.2, 0.25) is 5.91 Å². The molecule has 1 aromatic heterocycles. The molecule has 1 saturated heterocycles. The number of hydrogen-bond acceptors (Lipinski definition) is 3. The van der Waals surface area contributed by atoms with Gasteiger partial charge >= 0.3 is 5.97 Å². The van der Waals surface area contributed by atoms with Crippen LogP contribution in [0.1, 0.15) is 22.9 Å². The Morgan fingerprint density at radius 2 is 2.00 bits per heavy atom. The van der Waals surface area contributed by atoms with Crippen molar-refractivity contribution in [2.75, 3.05) is 6.54 Å². The van der Waals surface area contributed by atoms with Crippen molar-refractivity contribution in [3.63, 3.8) is 0 Å². The number of carbonyl (C=O) groups is 2. The molecule has 1 aromatic carbocycles. The lowest BCUT2D eigenvalue weighted by Crippen LogP contribution is -2.31. The van der Waals surface area contributed by atoms with Gasteiger partial charge in [-0.2, -0.15) is 0 Å².